The Labute approximate surface area is 132 Å². The first-order valence-corrected chi connectivity index (χ1v) is 7.63. The van der Waals surface area contributed by atoms with Crippen molar-refractivity contribution in [1.82, 2.24) is 15.8 Å². The summed E-state index contributed by atoms with van der Waals surface area (Å²) in [6, 6.07) is 7.79. The second kappa shape index (κ2) is 7.02. The molecule has 0 amide bonds. The zero-order chi connectivity index (χ0) is 13.7. The highest BCUT2D eigenvalue weighted by atomic mass is 79.9. The first-order chi connectivity index (χ1) is 9.15. The molecule has 0 radical (unpaired) electrons. The summed E-state index contributed by atoms with van der Waals surface area (Å²) in [4.78, 5) is 2.13. The molecule has 1 aliphatic rings. The first kappa shape index (κ1) is 14.5. The van der Waals surface area contributed by atoms with Crippen LogP contribution in [0.5, 0.6) is 0 Å². The van der Waals surface area contributed by atoms with Crippen molar-refractivity contribution >= 4 is 56.3 Å². The van der Waals surface area contributed by atoms with E-state index in [1.165, 1.54) is 12.8 Å². The minimum absolute atomic E-state index is 0.490. The normalized spacial score (nSPS) is 14.1. The highest BCUT2D eigenvalue weighted by Gasteiger charge is 2.14. The molecule has 0 aliphatic carbocycles. The maximum Gasteiger partial charge on any atom is 0.189 e. The lowest BCUT2D eigenvalue weighted by Crippen LogP contribution is -2.49. The summed E-state index contributed by atoms with van der Waals surface area (Å²) in [5.41, 5.74) is 6.77. The van der Waals surface area contributed by atoms with Crippen molar-refractivity contribution in [3.05, 3.63) is 28.7 Å². The van der Waals surface area contributed by atoms with Crippen LogP contribution in [0, 0.1) is 0 Å². The average molecular weight is 359 g/mol. The van der Waals surface area contributed by atoms with Crippen LogP contribution in [0.2, 0.25) is 0 Å². The molecule has 1 aromatic carbocycles. The molecule has 0 aromatic heterocycles. The molecular weight excluding hydrogens is 344 g/mol. The Kier molecular flexibility index (Phi) is 5.35. The number of rotatable bonds is 1. The molecule has 7 heteroatoms. The third-order valence-electron chi connectivity index (χ3n) is 2.78. The number of hydrazine groups is 1. The second-order valence-electron chi connectivity index (χ2n) is 4.21. The van der Waals surface area contributed by atoms with Gasteiger partial charge in [-0.3, -0.25) is 10.9 Å². The fourth-order valence-electron chi connectivity index (χ4n) is 1.81. The third-order valence-corrected chi connectivity index (χ3v) is 3.87. The van der Waals surface area contributed by atoms with E-state index in [2.05, 4.69) is 37.0 Å². The van der Waals surface area contributed by atoms with Crippen LogP contribution >= 0.6 is 40.4 Å². The van der Waals surface area contributed by atoms with Gasteiger partial charge in [0.1, 0.15) is 0 Å². The molecule has 1 heterocycles. The van der Waals surface area contributed by atoms with Crippen LogP contribution in [0.3, 0.4) is 0 Å². The van der Waals surface area contributed by atoms with Crippen molar-refractivity contribution < 1.29 is 0 Å². The summed E-state index contributed by atoms with van der Waals surface area (Å²) >= 11 is 13.8. The smallest absolute Gasteiger partial charge is 0.189 e. The van der Waals surface area contributed by atoms with Crippen LogP contribution in [0.1, 0.15) is 12.8 Å². The van der Waals surface area contributed by atoms with Crippen LogP contribution in [-0.4, -0.2) is 28.2 Å². The SMILES string of the molecule is S=C(NNC(=S)N1CCCC1)Nc1ccc(Br)cc1. The lowest BCUT2D eigenvalue weighted by molar-refractivity contribution is 0.503. The average Bonchev–Trinajstić information content (AvgIpc) is 2.93. The predicted octanol–water partition coefficient (Wildman–Crippen LogP) is 2.62. The van der Waals surface area contributed by atoms with Crippen molar-refractivity contribution in [2.75, 3.05) is 18.4 Å². The second-order valence-corrected chi connectivity index (χ2v) is 5.92. The largest absolute Gasteiger partial charge is 0.348 e. The van der Waals surface area contributed by atoms with E-state index in [1.54, 1.807) is 0 Å². The van der Waals surface area contributed by atoms with Crippen LogP contribution in [0.25, 0.3) is 0 Å². The minimum atomic E-state index is 0.490. The topological polar surface area (TPSA) is 39.3 Å². The molecule has 1 fully saturated rings. The number of likely N-dealkylation sites (tertiary alicyclic amines) is 1. The molecule has 0 bridgehead atoms. The molecule has 4 nitrogen and oxygen atoms in total. The lowest BCUT2D eigenvalue weighted by Gasteiger charge is -2.20. The number of anilines is 1. The minimum Gasteiger partial charge on any atom is -0.348 e. The van der Waals surface area contributed by atoms with Crippen molar-refractivity contribution in [3.63, 3.8) is 0 Å². The van der Waals surface area contributed by atoms with E-state index in [0.717, 1.165) is 23.2 Å². The summed E-state index contributed by atoms with van der Waals surface area (Å²) in [5, 5.41) is 4.26. The van der Waals surface area contributed by atoms with Gasteiger partial charge in [0, 0.05) is 23.2 Å². The Morgan fingerprint density at radius 3 is 2.32 bits per heavy atom. The Morgan fingerprint density at radius 2 is 1.68 bits per heavy atom. The van der Waals surface area contributed by atoms with E-state index in [0.29, 0.717) is 10.2 Å². The number of benzene rings is 1. The zero-order valence-electron chi connectivity index (χ0n) is 10.3. The molecule has 102 valence electrons. The maximum atomic E-state index is 5.27. The fraction of sp³-hybridized carbons (Fsp3) is 0.333. The van der Waals surface area contributed by atoms with Gasteiger partial charge in [-0.25, -0.2) is 0 Å². The highest BCUT2D eigenvalue weighted by Crippen LogP contribution is 2.13. The van der Waals surface area contributed by atoms with E-state index in [9.17, 15) is 0 Å². The Hall–Kier alpha value is -0.920. The predicted molar refractivity (Wildman–Crippen MR) is 90.0 cm³/mol. The van der Waals surface area contributed by atoms with Gasteiger partial charge >= 0.3 is 0 Å². The summed E-state index contributed by atoms with van der Waals surface area (Å²) in [6.07, 6.45) is 2.40. The molecule has 19 heavy (non-hydrogen) atoms. The lowest BCUT2D eigenvalue weighted by atomic mass is 10.3. The molecule has 3 N–H and O–H groups in total. The van der Waals surface area contributed by atoms with Gasteiger partial charge in [0.05, 0.1) is 0 Å². The number of hydrogen-bond acceptors (Lipinski definition) is 2. The van der Waals surface area contributed by atoms with E-state index < -0.39 is 0 Å². The van der Waals surface area contributed by atoms with Gasteiger partial charge in [-0.2, -0.15) is 0 Å². The Bertz CT molecular complexity index is 457. The van der Waals surface area contributed by atoms with Gasteiger partial charge in [-0.1, -0.05) is 15.9 Å². The maximum absolute atomic E-state index is 5.27. The quantitative estimate of drug-likeness (QED) is 0.529. The first-order valence-electron chi connectivity index (χ1n) is 6.02. The van der Waals surface area contributed by atoms with E-state index in [-0.39, 0.29) is 0 Å². The number of nitrogens with zero attached hydrogens (tertiary/aromatic N) is 1. The number of halogens is 1. The fourth-order valence-corrected chi connectivity index (χ4v) is 2.47. The molecule has 0 unspecified atom stereocenters. The van der Waals surface area contributed by atoms with Crippen molar-refractivity contribution in [1.29, 1.82) is 0 Å². The molecule has 0 saturated carbocycles. The summed E-state index contributed by atoms with van der Waals surface area (Å²) in [5.74, 6) is 0. The Balaban J connectivity index is 1.75. The summed E-state index contributed by atoms with van der Waals surface area (Å²) in [7, 11) is 0. The van der Waals surface area contributed by atoms with E-state index in [4.69, 9.17) is 24.4 Å². The molecule has 0 atom stereocenters. The van der Waals surface area contributed by atoms with Crippen molar-refractivity contribution in [3.8, 4) is 0 Å². The van der Waals surface area contributed by atoms with Crippen LogP contribution < -0.4 is 16.2 Å². The summed E-state index contributed by atoms with van der Waals surface area (Å²) in [6.45, 7) is 2.03. The van der Waals surface area contributed by atoms with Crippen molar-refractivity contribution in [2.45, 2.75) is 12.8 Å². The van der Waals surface area contributed by atoms with Gasteiger partial charge < -0.3 is 10.2 Å². The standard InChI is InChI=1S/C12H15BrN4S2/c13-9-3-5-10(6-4-9)14-11(18)15-16-12(19)17-7-1-2-8-17/h3-6H,1-2,7-8H2,(H,16,19)(H2,14,15,18). The molecule has 1 aromatic rings. The number of nitrogens with one attached hydrogen (secondary N) is 3. The summed E-state index contributed by atoms with van der Waals surface area (Å²) < 4.78 is 1.03. The van der Waals surface area contributed by atoms with Crippen LogP contribution in [0.4, 0.5) is 5.69 Å². The van der Waals surface area contributed by atoms with Gasteiger partial charge in [0.2, 0.25) is 0 Å². The van der Waals surface area contributed by atoms with Gasteiger partial charge in [-0.15, -0.1) is 0 Å². The number of thiocarbonyl (C=S) groups is 2. The molecular formula is C12H15BrN4S2. The zero-order valence-corrected chi connectivity index (χ0v) is 13.5. The highest BCUT2D eigenvalue weighted by molar-refractivity contribution is 9.10. The monoisotopic (exact) mass is 358 g/mol. The molecule has 0 spiro atoms. The molecule has 1 aliphatic heterocycles. The number of hydrogen-bond donors (Lipinski definition) is 3. The van der Waals surface area contributed by atoms with Crippen LogP contribution in [0.15, 0.2) is 28.7 Å². The van der Waals surface area contributed by atoms with Gasteiger partial charge in [-0.05, 0) is 61.5 Å². The van der Waals surface area contributed by atoms with E-state index in [1.807, 2.05) is 24.3 Å². The van der Waals surface area contributed by atoms with Gasteiger partial charge in [0.25, 0.3) is 0 Å². The Morgan fingerprint density at radius 1 is 1.05 bits per heavy atom. The van der Waals surface area contributed by atoms with E-state index >= 15 is 0 Å². The van der Waals surface area contributed by atoms with Crippen molar-refractivity contribution in [2.24, 2.45) is 0 Å². The van der Waals surface area contributed by atoms with Crippen LogP contribution in [-0.2, 0) is 0 Å². The third kappa shape index (κ3) is 4.59. The van der Waals surface area contributed by atoms with Gasteiger partial charge in [0.15, 0.2) is 10.2 Å². The molecule has 1 saturated heterocycles. The molecule has 2 rings (SSSR count).